The second kappa shape index (κ2) is 4.05. The molecule has 0 atom stereocenters. The summed E-state index contributed by atoms with van der Waals surface area (Å²) >= 11 is 0. The highest BCUT2D eigenvalue weighted by atomic mass is 19.1. The molecular formula is C11H13F. The van der Waals surface area contributed by atoms with Crippen LogP contribution in [-0.4, -0.2) is 0 Å². The summed E-state index contributed by atoms with van der Waals surface area (Å²) < 4.78 is 13.0. The van der Waals surface area contributed by atoms with Crippen LogP contribution in [0.3, 0.4) is 0 Å². The lowest BCUT2D eigenvalue weighted by atomic mass is 10.1. The Kier molecular flexibility index (Phi) is 3.03. The minimum Gasteiger partial charge on any atom is -0.207 e. The molecule has 1 aromatic carbocycles. The monoisotopic (exact) mass is 164 g/mol. The van der Waals surface area contributed by atoms with Crippen molar-refractivity contribution in [1.29, 1.82) is 0 Å². The fourth-order valence-electron chi connectivity index (χ4n) is 0.967. The van der Waals surface area contributed by atoms with Crippen molar-refractivity contribution in [3.05, 3.63) is 41.2 Å². The van der Waals surface area contributed by atoms with E-state index in [9.17, 15) is 4.39 Å². The molecule has 0 bridgehead atoms. The van der Waals surface area contributed by atoms with E-state index in [0.29, 0.717) is 5.56 Å². The molecule has 0 N–H and O–H groups in total. The van der Waals surface area contributed by atoms with E-state index in [4.69, 9.17) is 0 Å². The molecule has 0 saturated carbocycles. The molecular weight excluding hydrogens is 151 g/mol. The lowest BCUT2D eigenvalue weighted by Gasteiger charge is -1.96. The van der Waals surface area contributed by atoms with Gasteiger partial charge < -0.3 is 0 Å². The van der Waals surface area contributed by atoms with Crippen molar-refractivity contribution >= 4 is 6.08 Å². The van der Waals surface area contributed by atoms with Crippen molar-refractivity contribution in [2.75, 3.05) is 0 Å². The van der Waals surface area contributed by atoms with Gasteiger partial charge in [0.15, 0.2) is 0 Å². The van der Waals surface area contributed by atoms with E-state index < -0.39 is 0 Å². The molecule has 0 heterocycles. The van der Waals surface area contributed by atoms with Crippen LogP contribution in [0.1, 0.15) is 24.5 Å². The van der Waals surface area contributed by atoms with E-state index in [0.717, 1.165) is 12.0 Å². The number of allylic oxidation sites excluding steroid dienone is 1. The summed E-state index contributed by atoms with van der Waals surface area (Å²) in [6, 6.07) is 5.27. The number of hydrogen-bond donors (Lipinski definition) is 0. The van der Waals surface area contributed by atoms with Gasteiger partial charge in [-0.05, 0) is 30.5 Å². The zero-order valence-corrected chi connectivity index (χ0v) is 7.47. The maximum atomic E-state index is 13.0. The first-order valence-electron chi connectivity index (χ1n) is 4.16. The van der Waals surface area contributed by atoms with Crippen LogP contribution >= 0.6 is 0 Å². The van der Waals surface area contributed by atoms with Crippen LogP contribution in [0, 0.1) is 12.7 Å². The molecule has 0 aromatic heterocycles. The second-order valence-electron chi connectivity index (χ2n) is 2.82. The Hall–Kier alpha value is -1.11. The SMILES string of the molecule is CC/C=C/c1ccc(C)c(F)c1. The van der Waals surface area contributed by atoms with E-state index in [-0.39, 0.29) is 5.82 Å². The molecule has 0 fully saturated rings. The molecule has 1 rings (SSSR count). The molecule has 12 heavy (non-hydrogen) atoms. The standard InChI is InChI=1S/C11H13F/c1-3-4-5-10-7-6-9(2)11(12)8-10/h4-8H,3H2,1-2H3/b5-4+. The minimum atomic E-state index is -0.131. The summed E-state index contributed by atoms with van der Waals surface area (Å²) in [6.45, 7) is 3.82. The lowest BCUT2D eigenvalue weighted by molar-refractivity contribution is 0.618. The molecule has 0 unspecified atom stereocenters. The minimum absolute atomic E-state index is 0.131. The first kappa shape index (κ1) is 8.98. The largest absolute Gasteiger partial charge is 0.207 e. The molecule has 0 spiro atoms. The van der Waals surface area contributed by atoms with Crippen LogP contribution in [0.15, 0.2) is 24.3 Å². The van der Waals surface area contributed by atoms with E-state index in [1.165, 1.54) is 0 Å². The molecule has 0 nitrogen and oxygen atoms in total. The molecule has 0 saturated heterocycles. The average Bonchev–Trinajstić information content (AvgIpc) is 2.07. The summed E-state index contributed by atoms with van der Waals surface area (Å²) in [4.78, 5) is 0. The zero-order chi connectivity index (χ0) is 8.97. The molecule has 0 radical (unpaired) electrons. The molecule has 1 heteroatoms. The molecule has 0 amide bonds. The van der Waals surface area contributed by atoms with E-state index in [1.807, 2.05) is 18.2 Å². The highest BCUT2D eigenvalue weighted by molar-refractivity contribution is 5.49. The Labute approximate surface area is 72.7 Å². The summed E-state index contributed by atoms with van der Waals surface area (Å²) in [5.74, 6) is -0.131. The second-order valence-corrected chi connectivity index (χ2v) is 2.82. The Bertz CT molecular complexity index is 287. The van der Waals surface area contributed by atoms with Crippen molar-refractivity contribution in [3.8, 4) is 0 Å². The quantitative estimate of drug-likeness (QED) is 0.627. The Morgan fingerprint density at radius 1 is 1.42 bits per heavy atom. The van der Waals surface area contributed by atoms with Gasteiger partial charge in [-0.2, -0.15) is 0 Å². The highest BCUT2D eigenvalue weighted by Crippen LogP contribution is 2.10. The predicted octanol–water partition coefficient (Wildman–Crippen LogP) is 3.56. The summed E-state index contributed by atoms with van der Waals surface area (Å²) in [6.07, 6.45) is 4.93. The van der Waals surface area contributed by atoms with Crippen molar-refractivity contribution in [1.82, 2.24) is 0 Å². The first-order valence-corrected chi connectivity index (χ1v) is 4.16. The predicted molar refractivity (Wildman–Crippen MR) is 50.5 cm³/mol. The van der Waals surface area contributed by atoms with Gasteiger partial charge in [-0.3, -0.25) is 0 Å². The van der Waals surface area contributed by atoms with Crippen LogP contribution in [0.4, 0.5) is 4.39 Å². The van der Waals surface area contributed by atoms with Crippen molar-refractivity contribution < 1.29 is 4.39 Å². The topological polar surface area (TPSA) is 0 Å². The summed E-state index contributed by atoms with van der Waals surface area (Å²) in [7, 11) is 0. The summed E-state index contributed by atoms with van der Waals surface area (Å²) in [5.41, 5.74) is 1.63. The Balaban J connectivity index is 2.89. The normalized spacial score (nSPS) is 10.9. The fourth-order valence-corrected chi connectivity index (χ4v) is 0.967. The van der Waals surface area contributed by atoms with Gasteiger partial charge in [-0.1, -0.05) is 31.2 Å². The van der Waals surface area contributed by atoms with Crippen LogP contribution in [0.5, 0.6) is 0 Å². The van der Waals surface area contributed by atoms with Gasteiger partial charge in [0.05, 0.1) is 0 Å². The van der Waals surface area contributed by atoms with Crippen molar-refractivity contribution in [2.24, 2.45) is 0 Å². The maximum absolute atomic E-state index is 13.0. The zero-order valence-electron chi connectivity index (χ0n) is 7.47. The maximum Gasteiger partial charge on any atom is 0.126 e. The molecule has 0 aliphatic rings. The summed E-state index contributed by atoms with van der Waals surface area (Å²) in [5, 5.41) is 0. The van der Waals surface area contributed by atoms with Gasteiger partial charge in [0.2, 0.25) is 0 Å². The Morgan fingerprint density at radius 3 is 2.75 bits per heavy atom. The number of aryl methyl sites for hydroxylation is 1. The number of rotatable bonds is 2. The average molecular weight is 164 g/mol. The van der Waals surface area contributed by atoms with Gasteiger partial charge in [0.1, 0.15) is 5.82 Å². The van der Waals surface area contributed by atoms with Gasteiger partial charge in [-0.25, -0.2) is 4.39 Å². The number of hydrogen-bond acceptors (Lipinski definition) is 0. The van der Waals surface area contributed by atoms with Gasteiger partial charge in [0.25, 0.3) is 0 Å². The van der Waals surface area contributed by atoms with E-state index in [1.54, 1.807) is 19.1 Å². The van der Waals surface area contributed by atoms with Crippen LogP contribution in [-0.2, 0) is 0 Å². The van der Waals surface area contributed by atoms with Crippen LogP contribution < -0.4 is 0 Å². The van der Waals surface area contributed by atoms with Gasteiger partial charge in [0, 0.05) is 0 Å². The van der Waals surface area contributed by atoms with E-state index in [2.05, 4.69) is 6.92 Å². The van der Waals surface area contributed by atoms with Crippen molar-refractivity contribution in [3.63, 3.8) is 0 Å². The van der Waals surface area contributed by atoms with E-state index >= 15 is 0 Å². The first-order chi connectivity index (χ1) is 5.74. The van der Waals surface area contributed by atoms with Gasteiger partial charge >= 0.3 is 0 Å². The molecule has 1 aromatic rings. The molecule has 0 aliphatic heterocycles. The number of halogens is 1. The van der Waals surface area contributed by atoms with Crippen LogP contribution in [0.2, 0.25) is 0 Å². The molecule has 64 valence electrons. The fraction of sp³-hybridized carbons (Fsp3) is 0.273. The third-order valence-corrected chi connectivity index (χ3v) is 1.74. The number of benzene rings is 1. The highest BCUT2D eigenvalue weighted by Gasteiger charge is 1.95. The Morgan fingerprint density at radius 2 is 2.17 bits per heavy atom. The third-order valence-electron chi connectivity index (χ3n) is 1.74. The third kappa shape index (κ3) is 2.19. The van der Waals surface area contributed by atoms with Gasteiger partial charge in [-0.15, -0.1) is 0 Å². The lowest BCUT2D eigenvalue weighted by Crippen LogP contribution is -1.82. The smallest absolute Gasteiger partial charge is 0.126 e. The molecule has 0 aliphatic carbocycles. The van der Waals surface area contributed by atoms with Crippen LogP contribution in [0.25, 0.3) is 6.08 Å². The van der Waals surface area contributed by atoms with Crippen molar-refractivity contribution in [2.45, 2.75) is 20.3 Å².